The molecule has 4 aromatic rings. The van der Waals surface area contributed by atoms with Crippen LogP contribution in [0.2, 0.25) is 0 Å². The Kier molecular flexibility index (Phi) is 13.0. The quantitative estimate of drug-likeness (QED) is 0.237. The molecule has 0 atom stereocenters. The molecule has 0 aliphatic heterocycles. The van der Waals surface area contributed by atoms with Gasteiger partial charge in [-0.1, -0.05) is 45.9 Å². The molecule has 2 aromatic carbocycles. The molecule has 0 radical (unpaired) electrons. The third-order valence-electron chi connectivity index (χ3n) is 6.45. The maximum atomic E-state index is 14.8. The number of amides is 1. The first-order valence-electron chi connectivity index (χ1n) is 13.8. The Bertz CT molecular complexity index is 1500. The number of alkyl halides is 1. The van der Waals surface area contributed by atoms with E-state index in [2.05, 4.69) is 29.0 Å². The number of aryl methyl sites for hydroxylation is 1. The van der Waals surface area contributed by atoms with E-state index < -0.39 is 17.3 Å². The number of carbonyl (C=O) groups excluding carboxylic acids is 1. The summed E-state index contributed by atoms with van der Waals surface area (Å²) in [6.45, 7) is 13.6. The number of carbonyl (C=O) groups is 1. The number of hydrogen-bond donors (Lipinski definition) is 2. The Morgan fingerprint density at radius 1 is 1.02 bits per heavy atom. The number of para-hydroxylation sites is 1. The van der Waals surface area contributed by atoms with E-state index in [-0.39, 0.29) is 11.3 Å². The predicted octanol–water partition coefficient (Wildman–Crippen LogP) is 5.75. The number of benzene rings is 2. The zero-order valence-corrected chi connectivity index (χ0v) is 24.7. The Hall–Kier alpha value is -4.18. The molecule has 8 nitrogen and oxygen atoms in total. The molecular weight excluding hydrogens is 526 g/mol. The normalized spacial score (nSPS) is 10.5. The van der Waals surface area contributed by atoms with Crippen molar-refractivity contribution in [1.29, 1.82) is 0 Å². The van der Waals surface area contributed by atoms with Crippen molar-refractivity contribution in [1.82, 2.24) is 19.4 Å². The Morgan fingerprint density at radius 3 is 2.34 bits per heavy atom. The lowest BCUT2D eigenvalue weighted by Gasteiger charge is -2.18. The number of pyridine rings is 1. The lowest BCUT2D eigenvalue weighted by Crippen LogP contribution is -2.25. The molecule has 0 fully saturated rings. The van der Waals surface area contributed by atoms with Crippen LogP contribution in [-0.2, 0) is 0 Å². The van der Waals surface area contributed by atoms with Crippen LogP contribution in [0.4, 0.5) is 14.7 Å². The number of halogens is 2. The van der Waals surface area contributed by atoms with Gasteiger partial charge in [-0.25, -0.2) is 9.37 Å². The van der Waals surface area contributed by atoms with Crippen molar-refractivity contribution in [3.05, 3.63) is 81.9 Å². The maximum Gasteiger partial charge on any atom is 0.256 e. The first-order chi connectivity index (χ1) is 19.8. The van der Waals surface area contributed by atoms with Crippen LogP contribution >= 0.6 is 0 Å². The summed E-state index contributed by atoms with van der Waals surface area (Å²) in [5, 5.41) is 3.81. The summed E-state index contributed by atoms with van der Waals surface area (Å²) >= 11 is 0. The lowest BCUT2D eigenvalue weighted by molar-refractivity contribution is 0.100. The maximum absolute atomic E-state index is 14.8. The molecule has 0 aliphatic rings. The highest BCUT2D eigenvalue weighted by molar-refractivity contribution is 5.97. The van der Waals surface area contributed by atoms with Gasteiger partial charge in [0, 0.05) is 29.1 Å². The fourth-order valence-electron chi connectivity index (χ4n) is 4.34. The smallest absolute Gasteiger partial charge is 0.256 e. The molecule has 0 aliphatic carbocycles. The summed E-state index contributed by atoms with van der Waals surface area (Å²) in [7, 11) is 0.500. The molecule has 4 rings (SSSR count). The van der Waals surface area contributed by atoms with Crippen LogP contribution in [0.1, 0.15) is 50.0 Å². The van der Waals surface area contributed by atoms with Crippen molar-refractivity contribution in [2.45, 2.75) is 41.0 Å². The summed E-state index contributed by atoms with van der Waals surface area (Å²) in [4.78, 5) is 36.7. The minimum Gasteiger partial charge on any atom is -0.366 e. The van der Waals surface area contributed by atoms with Gasteiger partial charge in [0.1, 0.15) is 5.82 Å². The molecule has 220 valence electrons. The Labute approximate surface area is 240 Å². The third-order valence-corrected chi connectivity index (χ3v) is 6.45. The topological polar surface area (TPSA) is 106 Å². The van der Waals surface area contributed by atoms with Crippen molar-refractivity contribution in [3.8, 4) is 16.9 Å². The van der Waals surface area contributed by atoms with E-state index in [0.29, 0.717) is 41.9 Å². The zero-order valence-electron chi connectivity index (χ0n) is 24.7. The van der Waals surface area contributed by atoms with E-state index in [1.807, 2.05) is 20.8 Å². The van der Waals surface area contributed by atoms with Crippen molar-refractivity contribution in [2.75, 3.05) is 38.7 Å². The van der Waals surface area contributed by atoms with Gasteiger partial charge in [0.25, 0.3) is 5.56 Å². The third kappa shape index (κ3) is 7.94. The van der Waals surface area contributed by atoms with Crippen LogP contribution in [0.3, 0.4) is 0 Å². The highest BCUT2D eigenvalue weighted by atomic mass is 19.1. The predicted molar refractivity (Wildman–Crippen MR) is 163 cm³/mol. The van der Waals surface area contributed by atoms with Gasteiger partial charge in [-0.15, -0.1) is 0 Å². The van der Waals surface area contributed by atoms with Crippen LogP contribution in [0, 0.1) is 12.7 Å². The van der Waals surface area contributed by atoms with Crippen LogP contribution in [0.5, 0.6) is 0 Å². The Morgan fingerprint density at radius 2 is 1.71 bits per heavy atom. The van der Waals surface area contributed by atoms with E-state index in [9.17, 15) is 18.4 Å². The molecule has 3 N–H and O–H groups in total. The van der Waals surface area contributed by atoms with E-state index in [4.69, 9.17) is 10.7 Å². The van der Waals surface area contributed by atoms with Crippen molar-refractivity contribution in [3.63, 3.8) is 0 Å². The van der Waals surface area contributed by atoms with Crippen LogP contribution < -0.4 is 16.6 Å². The number of aromatic nitrogens is 3. The molecule has 2 heterocycles. The Balaban J connectivity index is 0.00000141. The second-order valence-corrected chi connectivity index (χ2v) is 8.79. The molecule has 0 saturated heterocycles. The fraction of sp³-hybridized carbons (Fsp3) is 0.355. The second kappa shape index (κ2) is 16.2. The number of anilines is 1. The van der Waals surface area contributed by atoms with Crippen molar-refractivity contribution < 1.29 is 13.6 Å². The minimum atomic E-state index is -0.558. The van der Waals surface area contributed by atoms with Gasteiger partial charge in [0.2, 0.25) is 11.9 Å². The van der Waals surface area contributed by atoms with E-state index in [1.54, 1.807) is 36.4 Å². The second-order valence-electron chi connectivity index (χ2n) is 8.79. The number of primary amides is 1. The monoisotopic (exact) mass is 566 g/mol. The molecule has 41 heavy (non-hydrogen) atoms. The molecule has 2 aromatic heterocycles. The van der Waals surface area contributed by atoms with Gasteiger partial charge in [-0.2, -0.15) is 4.98 Å². The van der Waals surface area contributed by atoms with Gasteiger partial charge in [-0.05, 0) is 68.9 Å². The minimum absolute atomic E-state index is 0.0952. The fourth-order valence-corrected chi connectivity index (χ4v) is 4.34. The summed E-state index contributed by atoms with van der Waals surface area (Å²) in [6.07, 6.45) is 0.865. The average molecular weight is 567 g/mol. The van der Waals surface area contributed by atoms with Gasteiger partial charge in [-0.3, -0.25) is 18.5 Å². The highest BCUT2D eigenvalue weighted by Gasteiger charge is 2.18. The molecule has 0 unspecified atom stereocenters. The number of fused-ring (bicyclic) bond motifs is 1. The first-order valence-corrected chi connectivity index (χ1v) is 13.8. The molecule has 0 bridgehead atoms. The van der Waals surface area contributed by atoms with Crippen LogP contribution in [0.25, 0.3) is 28.0 Å². The summed E-state index contributed by atoms with van der Waals surface area (Å²) < 4.78 is 25.6. The lowest BCUT2D eigenvalue weighted by atomic mass is 9.99. The van der Waals surface area contributed by atoms with E-state index >= 15 is 0 Å². The number of nitrogens with two attached hydrogens (primary N) is 1. The van der Waals surface area contributed by atoms with E-state index in [0.717, 1.165) is 31.6 Å². The van der Waals surface area contributed by atoms with Gasteiger partial charge >= 0.3 is 0 Å². The van der Waals surface area contributed by atoms with Crippen LogP contribution in [-0.4, -0.2) is 58.7 Å². The number of hydrogen-bond acceptors (Lipinski definition) is 6. The highest BCUT2D eigenvalue weighted by Crippen LogP contribution is 2.31. The van der Waals surface area contributed by atoms with Crippen LogP contribution in [0.15, 0.2) is 59.4 Å². The first kappa shape index (κ1) is 33.0. The van der Waals surface area contributed by atoms with Crippen molar-refractivity contribution in [2.24, 2.45) is 5.73 Å². The summed E-state index contributed by atoms with van der Waals surface area (Å²) in [5.74, 6) is -0.794. The van der Waals surface area contributed by atoms with E-state index in [1.165, 1.54) is 22.8 Å². The molecule has 0 saturated carbocycles. The van der Waals surface area contributed by atoms with Gasteiger partial charge < -0.3 is 16.0 Å². The standard InChI is InChI=1S/C28H31FN6O2.C2H6.CH3F/c1-4-34(5-2)16-8-15-31-28-32-25(21-17-19(26(30)37)12-11-18(21)3)20-13-14-24(36)35(27(20)33-28)23-10-7-6-9-22(23)29;2*1-2/h6-7,9-14,17H,4-5,8,15-16H2,1-3H3,(H2,30,37)(H,31,32,33);1-2H3;1H3. The molecule has 1 amide bonds. The summed E-state index contributed by atoms with van der Waals surface area (Å²) in [5.41, 5.74) is 7.87. The molecule has 10 heteroatoms. The zero-order chi connectivity index (χ0) is 30.5. The average Bonchev–Trinajstić information content (AvgIpc) is 2.99. The summed E-state index contributed by atoms with van der Waals surface area (Å²) in [6, 6.07) is 14.2. The number of nitrogens with one attached hydrogen (secondary N) is 1. The van der Waals surface area contributed by atoms with Crippen molar-refractivity contribution >= 4 is 22.9 Å². The number of rotatable bonds is 10. The number of nitrogens with zero attached hydrogens (tertiary/aromatic N) is 4. The molecular formula is C31H40F2N6O2. The SMILES string of the molecule is CC.CCN(CC)CCCNc1nc(-c2cc(C(N)=O)ccc2C)c2ccc(=O)n(-c3ccccc3F)c2n1.CF. The largest absolute Gasteiger partial charge is 0.366 e. The molecule has 0 spiro atoms. The van der Waals surface area contributed by atoms with Gasteiger partial charge in [0.05, 0.1) is 18.6 Å². The van der Waals surface area contributed by atoms with Gasteiger partial charge in [0.15, 0.2) is 5.65 Å².